The first-order valence-corrected chi connectivity index (χ1v) is 13.5. The summed E-state index contributed by atoms with van der Waals surface area (Å²) in [5.74, 6) is -0.0187. The molecule has 4 rings (SSSR count). The molecule has 0 amide bonds. The zero-order valence-corrected chi connectivity index (χ0v) is 22.7. The van der Waals surface area contributed by atoms with Crippen LogP contribution in [0.1, 0.15) is 74.1 Å². The summed E-state index contributed by atoms with van der Waals surface area (Å²) < 4.78 is 78.7. The van der Waals surface area contributed by atoms with Crippen molar-refractivity contribution in [3.63, 3.8) is 0 Å². The summed E-state index contributed by atoms with van der Waals surface area (Å²) in [7, 11) is 0. The molecule has 0 radical (unpaired) electrons. The molecule has 8 heteroatoms. The van der Waals surface area contributed by atoms with Crippen molar-refractivity contribution in [3.8, 4) is 11.1 Å². The van der Waals surface area contributed by atoms with E-state index in [4.69, 9.17) is 0 Å². The van der Waals surface area contributed by atoms with E-state index in [1.54, 1.807) is 6.92 Å². The molecule has 0 aliphatic carbocycles. The number of ketones is 1. The van der Waals surface area contributed by atoms with Gasteiger partial charge in [-0.25, -0.2) is 0 Å². The standard InChI is InChI=1S/C32H33F6NO/c1-20(2)15-30(21(3)40)26-17-24(22-6-8-27(9-7-22)31(33,34)35)16-25(18-26)23-5-4-14-39(19-23)29-12-10-28(11-13-29)32(36,37)38/h6-13,16-18,20,23,30H,4-5,14-15,19H2,1-3H3. The van der Waals surface area contributed by atoms with Gasteiger partial charge in [-0.1, -0.05) is 44.2 Å². The average molecular weight is 562 g/mol. The van der Waals surface area contributed by atoms with Crippen LogP contribution in [0.25, 0.3) is 11.1 Å². The second kappa shape index (κ2) is 11.7. The fourth-order valence-corrected chi connectivity index (χ4v) is 5.48. The first-order chi connectivity index (χ1) is 18.7. The van der Waals surface area contributed by atoms with Crippen molar-refractivity contribution >= 4 is 11.5 Å². The number of hydrogen-bond donors (Lipinski definition) is 0. The first kappa shape index (κ1) is 29.7. The number of carbonyl (C=O) groups is 1. The van der Waals surface area contributed by atoms with Crippen LogP contribution in [0.2, 0.25) is 0 Å². The molecular formula is C32H33F6NO. The number of halogens is 6. The lowest BCUT2D eigenvalue weighted by Gasteiger charge is -2.35. The van der Waals surface area contributed by atoms with Gasteiger partial charge in [0, 0.05) is 30.6 Å². The minimum atomic E-state index is -4.44. The molecule has 1 aliphatic rings. The Balaban J connectivity index is 1.71. The highest BCUT2D eigenvalue weighted by atomic mass is 19.4. The van der Waals surface area contributed by atoms with Crippen LogP contribution in [0.3, 0.4) is 0 Å². The van der Waals surface area contributed by atoms with Crippen LogP contribution < -0.4 is 4.90 Å². The van der Waals surface area contributed by atoms with Gasteiger partial charge in [0.05, 0.1) is 11.1 Å². The van der Waals surface area contributed by atoms with Crippen molar-refractivity contribution < 1.29 is 31.1 Å². The SMILES string of the molecule is CC(=O)C(CC(C)C)c1cc(-c2ccc(C(F)(F)F)cc2)cc(C2CCCN(c3ccc(C(F)(F)F)cc3)C2)c1. The lowest BCUT2D eigenvalue weighted by Crippen LogP contribution is -2.34. The van der Waals surface area contributed by atoms with Crippen LogP contribution in [0.15, 0.2) is 66.7 Å². The zero-order chi connectivity index (χ0) is 29.2. The molecule has 3 aromatic rings. The van der Waals surface area contributed by atoms with Gasteiger partial charge in [-0.05, 0) is 90.8 Å². The highest BCUT2D eigenvalue weighted by molar-refractivity contribution is 5.84. The Morgan fingerprint density at radius 1 is 0.850 bits per heavy atom. The van der Waals surface area contributed by atoms with Crippen molar-refractivity contribution in [1.82, 2.24) is 0 Å². The second-order valence-electron chi connectivity index (χ2n) is 11.1. The van der Waals surface area contributed by atoms with Crippen LogP contribution in [-0.2, 0) is 17.1 Å². The second-order valence-corrected chi connectivity index (χ2v) is 11.1. The number of alkyl halides is 6. The lowest BCUT2D eigenvalue weighted by atomic mass is 9.82. The summed E-state index contributed by atoms with van der Waals surface area (Å²) in [5.41, 5.74) is 2.45. The molecule has 0 N–H and O–H groups in total. The number of anilines is 1. The van der Waals surface area contributed by atoms with Gasteiger partial charge < -0.3 is 4.90 Å². The molecule has 1 aliphatic heterocycles. The monoisotopic (exact) mass is 561 g/mol. The van der Waals surface area contributed by atoms with Gasteiger partial charge in [0.15, 0.2) is 0 Å². The van der Waals surface area contributed by atoms with E-state index >= 15 is 0 Å². The molecule has 0 aromatic heterocycles. The smallest absolute Gasteiger partial charge is 0.371 e. The number of rotatable bonds is 7. The highest BCUT2D eigenvalue weighted by Gasteiger charge is 2.32. The molecule has 2 nitrogen and oxygen atoms in total. The van der Waals surface area contributed by atoms with Crippen LogP contribution in [0.4, 0.5) is 32.0 Å². The van der Waals surface area contributed by atoms with Gasteiger partial charge in [-0.2, -0.15) is 26.3 Å². The molecule has 214 valence electrons. The molecule has 0 saturated carbocycles. The summed E-state index contributed by atoms with van der Waals surface area (Å²) >= 11 is 0. The molecule has 2 atom stereocenters. The summed E-state index contributed by atoms with van der Waals surface area (Å²) in [6.45, 7) is 6.93. The topological polar surface area (TPSA) is 20.3 Å². The Labute approximate surface area is 231 Å². The van der Waals surface area contributed by atoms with Crippen molar-refractivity contribution in [2.75, 3.05) is 18.0 Å². The Morgan fingerprint density at radius 2 is 1.43 bits per heavy atom. The van der Waals surface area contributed by atoms with Gasteiger partial charge >= 0.3 is 12.4 Å². The van der Waals surface area contributed by atoms with Crippen LogP contribution >= 0.6 is 0 Å². The molecule has 2 unspecified atom stereocenters. The van der Waals surface area contributed by atoms with E-state index in [-0.39, 0.29) is 23.5 Å². The first-order valence-electron chi connectivity index (χ1n) is 13.5. The number of Topliss-reactive ketones (excluding diaryl/α,β-unsaturated/α-hetero) is 1. The van der Waals surface area contributed by atoms with Crippen molar-refractivity contribution in [1.29, 1.82) is 0 Å². The molecule has 1 saturated heterocycles. The maximum atomic E-state index is 13.2. The molecule has 0 spiro atoms. The number of benzene rings is 3. The average Bonchev–Trinajstić information content (AvgIpc) is 2.90. The Hall–Kier alpha value is -3.29. The van der Waals surface area contributed by atoms with Gasteiger partial charge in [0.25, 0.3) is 0 Å². The maximum absolute atomic E-state index is 13.2. The molecular weight excluding hydrogens is 528 g/mol. The minimum Gasteiger partial charge on any atom is -0.371 e. The van der Waals surface area contributed by atoms with Gasteiger partial charge in [0.1, 0.15) is 5.78 Å². The Kier molecular flexibility index (Phi) is 8.66. The summed E-state index contributed by atoms with van der Waals surface area (Å²) in [6, 6.07) is 16.1. The Morgan fingerprint density at radius 3 is 1.95 bits per heavy atom. The van der Waals surface area contributed by atoms with E-state index in [1.165, 1.54) is 24.3 Å². The third kappa shape index (κ3) is 7.07. The van der Waals surface area contributed by atoms with Crippen LogP contribution in [0.5, 0.6) is 0 Å². The molecule has 1 heterocycles. The van der Waals surface area contributed by atoms with Crippen molar-refractivity contribution in [2.24, 2.45) is 5.92 Å². The van der Waals surface area contributed by atoms with Gasteiger partial charge in [-0.15, -0.1) is 0 Å². The van der Waals surface area contributed by atoms with Crippen molar-refractivity contribution in [3.05, 3.63) is 89.0 Å². The van der Waals surface area contributed by atoms with Gasteiger partial charge in [0.2, 0.25) is 0 Å². The zero-order valence-electron chi connectivity index (χ0n) is 22.7. The quantitative estimate of drug-likeness (QED) is 0.268. The molecule has 1 fully saturated rings. The fourth-order valence-electron chi connectivity index (χ4n) is 5.48. The third-order valence-electron chi connectivity index (χ3n) is 7.58. The number of piperidine rings is 1. The molecule has 3 aromatic carbocycles. The predicted molar refractivity (Wildman–Crippen MR) is 145 cm³/mol. The van der Waals surface area contributed by atoms with E-state index < -0.39 is 23.5 Å². The summed E-state index contributed by atoms with van der Waals surface area (Å²) in [6.07, 6.45) is -6.52. The van der Waals surface area contributed by atoms with E-state index in [1.807, 2.05) is 32.0 Å². The van der Waals surface area contributed by atoms with E-state index in [2.05, 4.69) is 4.90 Å². The van der Waals surface area contributed by atoms with Crippen LogP contribution in [-0.4, -0.2) is 18.9 Å². The number of carbonyl (C=O) groups excluding carboxylic acids is 1. The van der Waals surface area contributed by atoms with Crippen molar-refractivity contribution in [2.45, 2.75) is 64.2 Å². The maximum Gasteiger partial charge on any atom is 0.416 e. The largest absolute Gasteiger partial charge is 0.416 e. The van der Waals surface area contributed by atoms with E-state index in [0.717, 1.165) is 53.8 Å². The minimum absolute atomic E-state index is 0.0271. The fraction of sp³-hybridized carbons (Fsp3) is 0.406. The number of nitrogens with zero attached hydrogens (tertiary/aromatic N) is 1. The lowest BCUT2D eigenvalue weighted by molar-refractivity contribution is -0.138. The highest BCUT2D eigenvalue weighted by Crippen LogP contribution is 2.38. The van der Waals surface area contributed by atoms with E-state index in [0.29, 0.717) is 30.8 Å². The number of hydrogen-bond acceptors (Lipinski definition) is 2. The van der Waals surface area contributed by atoms with E-state index in [9.17, 15) is 31.1 Å². The summed E-state index contributed by atoms with van der Waals surface area (Å²) in [4.78, 5) is 14.8. The summed E-state index contributed by atoms with van der Waals surface area (Å²) in [5, 5.41) is 0. The molecule has 0 bridgehead atoms. The van der Waals surface area contributed by atoms with Crippen LogP contribution in [0, 0.1) is 5.92 Å². The molecule has 40 heavy (non-hydrogen) atoms. The predicted octanol–water partition coefficient (Wildman–Crippen LogP) is 9.49. The third-order valence-corrected chi connectivity index (χ3v) is 7.58. The van der Waals surface area contributed by atoms with Gasteiger partial charge in [-0.3, -0.25) is 4.79 Å². The Bertz CT molecular complexity index is 1310. The normalized spacial score (nSPS) is 17.2.